The zero-order chi connectivity index (χ0) is 32.5. The molecule has 14 heteroatoms. The summed E-state index contributed by atoms with van der Waals surface area (Å²) in [6.45, 7) is -0.279. The Morgan fingerprint density at radius 2 is 1.78 bits per heavy atom. The van der Waals surface area contributed by atoms with Gasteiger partial charge in [-0.2, -0.15) is 0 Å². The van der Waals surface area contributed by atoms with Gasteiger partial charge in [0.2, 0.25) is 10.0 Å². The quantitative estimate of drug-likeness (QED) is 0.264. The van der Waals surface area contributed by atoms with Crippen molar-refractivity contribution in [1.29, 1.82) is 0 Å². The van der Waals surface area contributed by atoms with Crippen LogP contribution in [0.5, 0.6) is 0 Å². The number of nitrogens with zero attached hydrogens (tertiary/aromatic N) is 1. The summed E-state index contributed by atoms with van der Waals surface area (Å²) in [6.07, 6.45) is 3.51. The van der Waals surface area contributed by atoms with E-state index in [-0.39, 0.29) is 23.1 Å². The summed E-state index contributed by atoms with van der Waals surface area (Å²) < 4.78 is 41.3. The highest BCUT2D eigenvalue weighted by atomic mass is 35.5. The molecule has 3 N–H and O–H groups in total. The molecule has 45 heavy (non-hydrogen) atoms. The molecule has 0 spiro atoms. The number of carboxylic acid groups (broad SMARTS) is 1. The van der Waals surface area contributed by atoms with E-state index in [0.717, 1.165) is 31.2 Å². The molecule has 0 radical (unpaired) electrons. The van der Waals surface area contributed by atoms with E-state index in [4.69, 9.17) is 28.0 Å². The maximum atomic E-state index is 14.3. The summed E-state index contributed by atoms with van der Waals surface area (Å²) in [7, 11) is -3.64. The van der Waals surface area contributed by atoms with Crippen LogP contribution in [-0.2, 0) is 26.3 Å². The minimum Gasteiger partial charge on any atom is -0.478 e. The average molecular weight is 679 g/mol. The number of carbonyl (C=O) groups excluding carboxylic acids is 2. The molecular weight excluding hydrogens is 648 g/mol. The van der Waals surface area contributed by atoms with Gasteiger partial charge in [0, 0.05) is 27.7 Å². The second-order valence-electron chi connectivity index (χ2n) is 11.1. The zero-order valence-corrected chi connectivity index (χ0v) is 26.3. The van der Waals surface area contributed by atoms with E-state index < -0.39 is 57.3 Å². The van der Waals surface area contributed by atoms with Crippen molar-refractivity contribution in [2.75, 3.05) is 6.26 Å². The van der Waals surface area contributed by atoms with E-state index in [9.17, 15) is 32.3 Å². The number of halogens is 3. The molecule has 3 aromatic carbocycles. The van der Waals surface area contributed by atoms with Crippen molar-refractivity contribution in [1.82, 2.24) is 15.1 Å². The number of nitrogens with one attached hydrogen (secondary N) is 2. The second-order valence-corrected chi connectivity index (χ2v) is 13.7. The number of sulfonamides is 1. The molecule has 10 nitrogen and oxygen atoms in total. The number of hydroxylamine groups is 1. The van der Waals surface area contributed by atoms with Gasteiger partial charge in [-0.05, 0) is 59.9 Å². The third-order valence-electron chi connectivity index (χ3n) is 8.06. The van der Waals surface area contributed by atoms with Crippen LogP contribution in [0.2, 0.25) is 10.0 Å². The first kappa shape index (κ1) is 32.8. The molecule has 238 valence electrons. The number of hydrogen-bond donors (Lipinski definition) is 3. The fourth-order valence-electron chi connectivity index (χ4n) is 6.21. The van der Waals surface area contributed by atoms with E-state index in [1.807, 2.05) is 0 Å². The first-order valence-corrected chi connectivity index (χ1v) is 16.8. The summed E-state index contributed by atoms with van der Waals surface area (Å²) in [5.41, 5.74) is 3.29. The Labute approximate surface area is 269 Å². The lowest BCUT2D eigenvalue weighted by atomic mass is 9.76. The number of fused-ring (bicyclic) bond motifs is 1. The van der Waals surface area contributed by atoms with Crippen LogP contribution < -0.4 is 10.2 Å². The minimum atomic E-state index is -3.64. The van der Waals surface area contributed by atoms with Crippen molar-refractivity contribution in [3.63, 3.8) is 0 Å². The first-order chi connectivity index (χ1) is 21.4. The normalized spacial score (nSPS) is 21.7. The van der Waals surface area contributed by atoms with E-state index >= 15 is 0 Å². The summed E-state index contributed by atoms with van der Waals surface area (Å²) in [5.74, 6) is -4.45. The summed E-state index contributed by atoms with van der Waals surface area (Å²) in [5, 5.41) is 9.79. The molecule has 0 saturated heterocycles. The Balaban J connectivity index is 1.56. The number of benzene rings is 3. The lowest BCUT2D eigenvalue weighted by Crippen LogP contribution is -2.59. The van der Waals surface area contributed by atoms with Gasteiger partial charge in [-0.15, -0.1) is 0 Å². The van der Waals surface area contributed by atoms with Crippen LogP contribution in [0.4, 0.5) is 4.39 Å². The van der Waals surface area contributed by atoms with Gasteiger partial charge >= 0.3 is 5.97 Å². The Bertz CT molecular complexity index is 1760. The highest BCUT2D eigenvalue weighted by molar-refractivity contribution is 7.88. The van der Waals surface area contributed by atoms with Crippen LogP contribution >= 0.6 is 23.2 Å². The minimum absolute atomic E-state index is 0.208. The van der Waals surface area contributed by atoms with Crippen molar-refractivity contribution < 1.29 is 37.1 Å². The molecule has 0 bridgehead atoms. The molecule has 1 aliphatic carbocycles. The Morgan fingerprint density at radius 3 is 2.49 bits per heavy atom. The number of amides is 2. The van der Waals surface area contributed by atoms with Crippen molar-refractivity contribution >= 4 is 51.0 Å². The number of carbonyl (C=O) groups is 3. The molecule has 5 rings (SSSR count). The van der Waals surface area contributed by atoms with Gasteiger partial charge in [0.15, 0.2) is 0 Å². The molecular formula is C31H30Cl2FN3O7S. The largest absolute Gasteiger partial charge is 0.478 e. The number of carboxylic acids is 1. The maximum absolute atomic E-state index is 14.3. The van der Waals surface area contributed by atoms with Crippen molar-refractivity contribution in [2.45, 2.75) is 56.3 Å². The number of aromatic carboxylic acids is 1. The van der Waals surface area contributed by atoms with E-state index in [1.165, 1.54) is 12.1 Å². The van der Waals surface area contributed by atoms with Gasteiger partial charge < -0.3 is 10.0 Å². The summed E-state index contributed by atoms with van der Waals surface area (Å²) in [4.78, 5) is 46.8. The van der Waals surface area contributed by atoms with Gasteiger partial charge in [-0.3, -0.25) is 14.4 Å². The van der Waals surface area contributed by atoms with Crippen LogP contribution in [-0.4, -0.2) is 54.5 Å². The molecule has 2 amide bonds. The molecule has 4 atom stereocenters. The van der Waals surface area contributed by atoms with Gasteiger partial charge in [0.25, 0.3) is 11.8 Å². The van der Waals surface area contributed by atoms with E-state index in [1.54, 1.807) is 41.3 Å². The van der Waals surface area contributed by atoms with Gasteiger partial charge in [0.1, 0.15) is 5.82 Å². The van der Waals surface area contributed by atoms with Crippen LogP contribution in [0.25, 0.3) is 0 Å². The lowest BCUT2D eigenvalue weighted by Gasteiger charge is -2.49. The maximum Gasteiger partial charge on any atom is 0.338 e. The standard InChI is InChI=1S/C31H30Cl2FN3O7S/c1-45(42,43)36-25-8-4-5-9-26(25)37-28(21-12-11-18(32)15-23(21)33)27(19-6-2-3-7-20(19)30(37)39)29(38)35-44-16-17-10-13-24(34)22(14-17)31(40)41/h2-3,6-7,10-15,25-28,36H,4-5,8-9,16H2,1H3,(H,35,38)(H,40,41)/t25-,26-,27+,28-/m0/s1. The number of hydrogen-bond acceptors (Lipinski definition) is 6. The van der Waals surface area contributed by atoms with E-state index in [2.05, 4.69) is 10.2 Å². The molecule has 0 aromatic heterocycles. The topological polar surface area (TPSA) is 142 Å². The monoisotopic (exact) mass is 677 g/mol. The van der Waals surface area contributed by atoms with Crippen molar-refractivity contribution in [2.24, 2.45) is 0 Å². The predicted octanol–water partition coefficient (Wildman–Crippen LogP) is 5.22. The lowest BCUT2D eigenvalue weighted by molar-refractivity contribution is -0.138. The fraction of sp³-hybridized carbons (Fsp3) is 0.323. The highest BCUT2D eigenvalue weighted by Crippen LogP contribution is 2.47. The van der Waals surface area contributed by atoms with Gasteiger partial charge in [-0.25, -0.2) is 27.8 Å². The molecule has 1 heterocycles. The van der Waals surface area contributed by atoms with Crippen molar-refractivity contribution in [3.8, 4) is 0 Å². The predicted molar refractivity (Wildman–Crippen MR) is 165 cm³/mol. The van der Waals surface area contributed by atoms with E-state index in [0.29, 0.717) is 34.6 Å². The van der Waals surface area contributed by atoms with Crippen LogP contribution in [0, 0.1) is 5.82 Å². The smallest absolute Gasteiger partial charge is 0.338 e. The van der Waals surface area contributed by atoms with Crippen molar-refractivity contribution in [3.05, 3.63) is 104 Å². The Hall–Kier alpha value is -3.55. The van der Waals surface area contributed by atoms with Crippen LogP contribution in [0.3, 0.4) is 0 Å². The average Bonchev–Trinajstić information content (AvgIpc) is 2.97. The molecule has 0 unspecified atom stereocenters. The Kier molecular flexibility index (Phi) is 9.80. The zero-order valence-electron chi connectivity index (χ0n) is 24.0. The molecule has 1 fully saturated rings. The molecule has 1 aliphatic heterocycles. The number of rotatable bonds is 9. The molecule has 2 aliphatic rings. The van der Waals surface area contributed by atoms with Crippen LogP contribution in [0.15, 0.2) is 60.7 Å². The molecule has 3 aromatic rings. The summed E-state index contributed by atoms with van der Waals surface area (Å²) >= 11 is 12.9. The van der Waals surface area contributed by atoms with Gasteiger partial charge in [-0.1, -0.05) is 66.4 Å². The van der Waals surface area contributed by atoms with Gasteiger partial charge in [0.05, 0.1) is 30.4 Å². The highest BCUT2D eigenvalue weighted by Gasteiger charge is 2.49. The Morgan fingerprint density at radius 1 is 1.04 bits per heavy atom. The fourth-order valence-corrected chi connectivity index (χ4v) is 7.55. The summed E-state index contributed by atoms with van der Waals surface area (Å²) in [6, 6.07) is 12.6. The second kappa shape index (κ2) is 13.4. The van der Waals surface area contributed by atoms with Crippen LogP contribution in [0.1, 0.15) is 75.0 Å². The third kappa shape index (κ3) is 7.15. The SMILES string of the molecule is CS(=O)(=O)N[C@H]1CCCC[C@@H]1N1C(=O)c2ccccc2[C@@H](C(=O)NOCc2ccc(F)c(C(=O)O)c2)[C@@H]1c1ccc(Cl)cc1Cl. The first-order valence-electron chi connectivity index (χ1n) is 14.1. The molecule has 1 saturated carbocycles. The third-order valence-corrected chi connectivity index (χ3v) is 9.36.